The molecule has 1 aliphatic carbocycles. The van der Waals surface area contributed by atoms with Crippen LogP contribution in [0.5, 0.6) is 0 Å². The number of hydrogen-bond donors (Lipinski definition) is 3. The van der Waals surface area contributed by atoms with Crippen molar-refractivity contribution in [3.63, 3.8) is 0 Å². The van der Waals surface area contributed by atoms with E-state index in [0.29, 0.717) is 5.57 Å². The first-order valence-corrected chi connectivity index (χ1v) is 8.15. The van der Waals surface area contributed by atoms with E-state index in [0.717, 1.165) is 12.8 Å². The molecule has 0 heterocycles. The number of hydrogen-bond acceptors (Lipinski definition) is 6. The van der Waals surface area contributed by atoms with Gasteiger partial charge >= 0.3 is 5.97 Å². The predicted octanol–water partition coefficient (Wildman–Crippen LogP) is 0.258. The second-order valence-electron chi connectivity index (χ2n) is 5.57. The number of ether oxygens (including phenoxy) is 2. The number of esters is 1. The van der Waals surface area contributed by atoms with Crippen LogP contribution in [0.1, 0.15) is 40.0 Å². The van der Waals surface area contributed by atoms with Gasteiger partial charge in [0.15, 0.2) is 0 Å². The van der Waals surface area contributed by atoms with Crippen LogP contribution in [0.3, 0.4) is 0 Å². The van der Waals surface area contributed by atoms with Gasteiger partial charge in [-0.3, -0.25) is 4.79 Å². The second kappa shape index (κ2) is 9.64. The Bertz CT molecular complexity index is 434. The standard InChI is InChI=1S/C16H28N2O5/c1-4-11(5-2)23-13-8-10(16(21)22-6-3)7-12(17)15(13)18-14(20)9-19/h8,11-13,15,19H,4-7,9,17H2,1-3H3,(H,18,20). The zero-order valence-electron chi connectivity index (χ0n) is 14.1. The van der Waals surface area contributed by atoms with E-state index in [2.05, 4.69) is 5.32 Å². The highest BCUT2D eigenvalue weighted by molar-refractivity contribution is 5.89. The normalized spacial score (nSPS) is 24.3. The van der Waals surface area contributed by atoms with E-state index >= 15 is 0 Å². The lowest BCUT2D eigenvalue weighted by molar-refractivity contribution is -0.139. The van der Waals surface area contributed by atoms with Crippen LogP contribution in [-0.2, 0) is 19.1 Å². The maximum absolute atomic E-state index is 12.0. The Balaban J connectivity index is 2.99. The van der Waals surface area contributed by atoms with Crippen molar-refractivity contribution in [1.82, 2.24) is 5.32 Å². The van der Waals surface area contributed by atoms with Crippen molar-refractivity contribution in [1.29, 1.82) is 0 Å². The maximum Gasteiger partial charge on any atom is 0.333 e. The summed E-state index contributed by atoms with van der Waals surface area (Å²) in [5.74, 6) is -0.926. The van der Waals surface area contributed by atoms with Crippen LogP contribution in [0.4, 0.5) is 0 Å². The van der Waals surface area contributed by atoms with Crippen molar-refractivity contribution < 1.29 is 24.2 Å². The molecular weight excluding hydrogens is 300 g/mol. The van der Waals surface area contributed by atoms with E-state index in [4.69, 9.17) is 20.3 Å². The number of amides is 1. The average molecular weight is 328 g/mol. The molecule has 0 fully saturated rings. The van der Waals surface area contributed by atoms with Gasteiger partial charge in [-0.25, -0.2) is 4.79 Å². The molecule has 1 amide bonds. The fourth-order valence-electron chi connectivity index (χ4n) is 2.62. The molecular formula is C16H28N2O5. The third-order valence-corrected chi connectivity index (χ3v) is 3.91. The van der Waals surface area contributed by atoms with Crippen LogP contribution >= 0.6 is 0 Å². The molecule has 0 bridgehead atoms. The monoisotopic (exact) mass is 328 g/mol. The topological polar surface area (TPSA) is 111 Å². The lowest BCUT2D eigenvalue weighted by Crippen LogP contribution is -2.57. The zero-order chi connectivity index (χ0) is 17.4. The summed E-state index contributed by atoms with van der Waals surface area (Å²) in [5.41, 5.74) is 6.59. The first kappa shape index (κ1) is 19.6. The summed E-state index contributed by atoms with van der Waals surface area (Å²) in [5, 5.41) is 11.6. The minimum Gasteiger partial charge on any atom is -0.463 e. The summed E-state index contributed by atoms with van der Waals surface area (Å²) < 4.78 is 11.0. The van der Waals surface area contributed by atoms with Gasteiger partial charge < -0.3 is 25.6 Å². The van der Waals surface area contributed by atoms with Crippen molar-refractivity contribution >= 4 is 11.9 Å². The quantitative estimate of drug-likeness (QED) is 0.551. The van der Waals surface area contributed by atoms with Crippen LogP contribution in [-0.4, -0.2) is 54.5 Å². The number of rotatable bonds is 8. The molecule has 0 aromatic carbocycles. The highest BCUT2D eigenvalue weighted by Crippen LogP contribution is 2.24. The Morgan fingerprint density at radius 1 is 1.39 bits per heavy atom. The smallest absolute Gasteiger partial charge is 0.333 e. The molecule has 4 N–H and O–H groups in total. The van der Waals surface area contributed by atoms with Gasteiger partial charge in [-0.05, 0) is 32.3 Å². The SMILES string of the molecule is CCOC(=O)C1=CC(OC(CC)CC)C(NC(=O)CO)C(N)C1. The average Bonchev–Trinajstić information content (AvgIpc) is 2.54. The van der Waals surface area contributed by atoms with Crippen molar-refractivity contribution in [3.8, 4) is 0 Å². The summed E-state index contributed by atoms with van der Waals surface area (Å²) in [6.45, 7) is 5.43. The van der Waals surface area contributed by atoms with E-state index in [1.165, 1.54) is 0 Å². The van der Waals surface area contributed by atoms with Crippen molar-refractivity contribution in [3.05, 3.63) is 11.6 Å². The van der Waals surface area contributed by atoms with E-state index in [1.807, 2.05) is 13.8 Å². The highest BCUT2D eigenvalue weighted by atomic mass is 16.5. The number of carbonyl (C=O) groups excluding carboxylic acids is 2. The molecule has 0 spiro atoms. The van der Waals surface area contributed by atoms with Crippen LogP contribution in [0.2, 0.25) is 0 Å². The van der Waals surface area contributed by atoms with Crippen molar-refractivity contribution in [2.24, 2.45) is 5.73 Å². The molecule has 0 aromatic heterocycles. The first-order chi connectivity index (χ1) is 11.0. The number of aliphatic hydroxyl groups is 1. The molecule has 0 aliphatic heterocycles. The molecule has 0 aromatic rings. The number of nitrogens with two attached hydrogens (primary N) is 1. The fourth-order valence-corrected chi connectivity index (χ4v) is 2.62. The lowest BCUT2D eigenvalue weighted by Gasteiger charge is -2.36. The van der Waals surface area contributed by atoms with Gasteiger partial charge in [0.1, 0.15) is 6.61 Å². The molecule has 7 nitrogen and oxygen atoms in total. The number of aliphatic hydroxyl groups excluding tert-OH is 1. The Hall–Kier alpha value is -1.44. The number of nitrogens with one attached hydrogen (secondary N) is 1. The van der Waals surface area contributed by atoms with Crippen LogP contribution in [0, 0.1) is 0 Å². The van der Waals surface area contributed by atoms with Gasteiger partial charge in [0.05, 0.1) is 24.9 Å². The Morgan fingerprint density at radius 2 is 2.04 bits per heavy atom. The van der Waals surface area contributed by atoms with Gasteiger partial charge in [-0.15, -0.1) is 0 Å². The molecule has 23 heavy (non-hydrogen) atoms. The first-order valence-electron chi connectivity index (χ1n) is 8.15. The van der Waals surface area contributed by atoms with E-state index in [-0.39, 0.29) is 19.1 Å². The molecule has 0 radical (unpaired) electrons. The molecule has 0 saturated carbocycles. The highest BCUT2D eigenvalue weighted by Gasteiger charge is 2.36. The molecule has 3 unspecified atom stereocenters. The third-order valence-electron chi connectivity index (χ3n) is 3.91. The van der Waals surface area contributed by atoms with Crippen molar-refractivity contribution in [2.45, 2.75) is 64.3 Å². The van der Waals surface area contributed by atoms with E-state index in [9.17, 15) is 9.59 Å². The van der Waals surface area contributed by atoms with Gasteiger partial charge in [-0.1, -0.05) is 13.8 Å². The van der Waals surface area contributed by atoms with Crippen molar-refractivity contribution in [2.75, 3.05) is 13.2 Å². The Labute approximate surface area is 137 Å². The third kappa shape index (κ3) is 5.60. The zero-order valence-corrected chi connectivity index (χ0v) is 14.1. The second-order valence-corrected chi connectivity index (χ2v) is 5.57. The molecule has 1 rings (SSSR count). The van der Waals surface area contributed by atoms with Gasteiger partial charge in [0.2, 0.25) is 5.91 Å². The molecule has 1 aliphatic rings. The molecule has 0 saturated heterocycles. The van der Waals surface area contributed by atoms with Gasteiger partial charge in [0.25, 0.3) is 0 Å². The van der Waals surface area contributed by atoms with Gasteiger partial charge in [0, 0.05) is 11.6 Å². The van der Waals surface area contributed by atoms with E-state index < -0.39 is 36.7 Å². The molecule has 132 valence electrons. The van der Waals surface area contributed by atoms with Crippen LogP contribution in [0.25, 0.3) is 0 Å². The number of carbonyl (C=O) groups is 2. The molecule has 3 atom stereocenters. The lowest BCUT2D eigenvalue weighted by atomic mass is 9.88. The predicted molar refractivity (Wildman–Crippen MR) is 85.6 cm³/mol. The van der Waals surface area contributed by atoms with Crippen LogP contribution in [0.15, 0.2) is 11.6 Å². The summed E-state index contributed by atoms with van der Waals surface area (Å²) >= 11 is 0. The van der Waals surface area contributed by atoms with Crippen LogP contribution < -0.4 is 11.1 Å². The molecule has 7 heteroatoms. The summed E-state index contributed by atoms with van der Waals surface area (Å²) in [6, 6.07) is -0.984. The summed E-state index contributed by atoms with van der Waals surface area (Å²) in [6.07, 6.45) is 3.06. The Morgan fingerprint density at radius 3 is 2.57 bits per heavy atom. The summed E-state index contributed by atoms with van der Waals surface area (Å²) in [7, 11) is 0. The minimum absolute atomic E-state index is 0.00137. The Kier molecular flexibility index (Phi) is 8.22. The summed E-state index contributed by atoms with van der Waals surface area (Å²) in [4.78, 5) is 23.5. The van der Waals surface area contributed by atoms with Gasteiger partial charge in [-0.2, -0.15) is 0 Å². The van der Waals surface area contributed by atoms with E-state index in [1.54, 1.807) is 13.0 Å². The largest absolute Gasteiger partial charge is 0.463 e. The minimum atomic E-state index is -0.616. The maximum atomic E-state index is 12.0. The fraction of sp³-hybridized carbons (Fsp3) is 0.750.